The maximum Gasteiger partial charge on any atom is 0.193 e. The minimum Gasteiger partial charge on any atom is -0.453 e. The third kappa shape index (κ3) is 4.58. The van der Waals surface area contributed by atoms with Crippen LogP contribution >= 0.6 is 0 Å². The van der Waals surface area contributed by atoms with Crippen molar-refractivity contribution in [3.8, 4) is 45.3 Å². The van der Waals surface area contributed by atoms with Gasteiger partial charge < -0.3 is 14.4 Å². The van der Waals surface area contributed by atoms with Crippen molar-refractivity contribution in [1.82, 2.24) is 0 Å². The molecule has 7 aromatic carbocycles. The minimum absolute atomic E-state index is 0.677. The van der Waals surface area contributed by atoms with Gasteiger partial charge in [-0.25, -0.2) is 0 Å². The minimum atomic E-state index is 0.677. The normalized spacial score (nSPS) is 11.6. The maximum atomic E-state index is 6.70. The Labute approximate surface area is 250 Å². The molecule has 3 heteroatoms. The van der Waals surface area contributed by atoms with Crippen LogP contribution in [0.4, 0.5) is 17.1 Å². The molecule has 204 valence electrons. The lowest BCUT2D eigenvalue weighted by atomic mass is 10.00. The van der Waals surface area contributed by atoms with Crippen LogP contribution in [0.15, 0.2) is 164 Å². The Morgan fingerprint density at radius 3 is 1.49 bits per heavy atom. The number of hydrogen-bond acceptors (Lipinski definition) is 3. The first kappa shape index (κ1) is 25.0. The molecule has 0 atom stereocenters. The summed E-state index contributed by atoms with van der Waals surface area (Å²) in [5, 5.41) is 2.05. The second-order valence-corrected chi connectivity index (χ2v) is 10.6. The second kappa shape index (κ2) is 10.6. The quantitative estimate of drug-likeness (QED) is 0.212. The van der Waals surface area contributed by atoms with E-state index in [1.807, 2.05) is 48.5 Å². The van der Waals surface area contributed by atoms with Gasteiger partial charge in [0.25, 0.3) is 0 Å². The summed E-state index contributed by atoms with van der Waals surface area (Å²) < 4.78 is 13.2. The summed E-state index contributed by atoms with van der Waals surface area (Å²) in [7, 11) is 0. The van der Waals surface area contributed by atoms with Crippen LogP contribution in [-0.4, -0.2) is 0 Å². The van der Waals surface area contributed by atoms with E-state index in [2.05, 4.69) is 120 Å². The fraction of sp³-hybridized carbons (Fsp3) is 0. The first-order valence-corrected chi connectivity index (χ1v) is 14.4. The summed E-state index contributed by atoms with van der Waals surface area (Å²) in [5.41, 5.74) is 7.70. The van der Waals surface area contributed by atoms with Crippen LogP contribution in [0.25, 0.3) is 33.0 Å². The molecular weight excluding hydrogens is 526 g/mol. The average molecular weight is 554 g/mol. The Kier molecular flexibility index (Phi) is 6.12. The van der Waals surface area contributed by atoms with Crippen LogP contribution in [0, 0.1) is 0 Å². The lowest BCUT2D eigenvalue weighted by Crippen LogP contribution is -2.11. The molecule has 3 nitrogen and oxygen atoms in total. The van der Waals surface area contributed by atoms with Gasteiger partial charge in [0.05, 0.1) is 11.1 Å². The van der Waals surface area contributed by atoms with Crippen LogP contribution in [0.3, 0.4) is 0 Å². The van der Waals surface area contributed by atoms with E-state index in [0.717, 1.165) is 44.9 Å². The van der Waals surface area contributed by atoms with Gasteiger partial charge in [-0.05, 0) is 76.2 Å². The van der Waals surface area contributed by atoms with E-state index in [9.17, 15) is 0 Å². The molecule has 0 aromatic heterocycles. The van der Waals surface area contributed by atoms with Gasteiger partial charge in [0.2, 0.25) is 0 Å². The average Bonchev–Trinajstić information content (AvgIpc) is 3.24. The molecular formula is C40H27NO2. The number of hydrogen-bond donors (Lipinski definition) is 0. The van der Waals surface area contributed by atoms with E-state index >= 15 is 0 Å². The Morgan fingerprint density at radius 2 is 0.837 bits per heavy atom. The topological polar surface area (TPSA) is 21.7 Å². The zero-order chi connectivity index (χ0) is 28.6. The Morgan fingerprint density at radius 1 is 0.349 bits per heavy atom. The van der Waals surface area contributed by atoms with Gasteiger partial charge in [-0.2, -0.15) is 0 Å². The van der Waals surface area contributed by atoms with Crippen molar-refractivity contribution < 1.29 is 9.47 Å². The van der Waals surface area contributed by atoms with Crippen LogP contribution in [0.5, 0.6) is 23.0 Å². The van der Waals surface area contributed by atoms with Crippen molar-refractivity contribution in [2.45, 2.75) is 0 Å². The molecule has 8 rings (SSSR count). The molecule has 1 heterocycles. The molecule has 0 bridgehead atoms. The highest BCUT2D eigenvalue weighted by Crippen LogP contribution is 2.52. The van der Waals surface area contributed by atoms with Crippen LogP contribution in [0.1, 0.15) is 0 Å². The second-order valence-electron chi connectivity index (χ2n) is 10.6. The molecule has 0 saturated heterocycles. The van der Waals surface area contributed by atoms with E-state index in [1.165, 1.54) is 16.7 Å². The summed E-state index contributed by atoms with van der Waals surface area (Å²) in [6, 6.07) is 56.6. The van der Waals surface area contributed by atoms with Crippen molar-refractivity contribution in [1.29, 1.82) is 0 Å². The van der Waals surface area contributed by atoms with Gasteiger partial charge in [-0.1, -0.05) is 115 Å². The number of para-hydroxylation sites is 2. The van der Waals surface area contributed by atoms with E-state index < -0.39 is 0 Å². The van der Waals surface area contributed by atoms with Crippen molar-refractivity contribution in [2.24, 2.45) is 0 Å². The molecule has 0 radical (unpaired) electrons. The predicted octanol–water partition coefficient (Wildman–Crippen LogP) is 11.5. The first-order valence-electron chi connectivity index (χ1n) is 14.4. The number of fused-ring (bicyclic) bond motifs is 1. The fourth-order valence-corrected chi connectivity index (χ4v) is 5.83. The predicted molar refractivity (Wildman–Crippen MR) is 176 cm³/mol. The van der Waals surface area contributed by atoms with Crippen LogP contribution < -0.4 is 14.4 Å². The Balaban J connectivity index is 1.20. The highest BCUT2D eigenvalue weighted by molar-refractivity contribution is 5.95. The maximum absolute atomic E-state index is 6.70. The van der Waals surface area contributed by atoms with Gasteiger partial charge in [0.1, 0.15) is 11.5 Å². The molecule has 0 unspecified atom stereocenters. The summed E-state index contributed by atoms with van der Waals surface area (Å²) in [4.78, 5) is 2.22. The van der Waals surface area contributed by atoms with Crippen molar-refractivity contribution in [2.75, 3.05) is 4.90 Å². The number of ether oxygens (including phenoxy) is 2. The molecule has 0 N–H and O–H groups in total. The zero-order valence-electron chi connectivity index (χ0n) is 23.4. The van der Waals surface area contributed by atoms with Gasteiger partial charge in [-0.15, -0.1) is 0 Å². The lowest BCUT2D eigenvalue weighted by Gasteiger charge is -2.27. The van der Waals surface area contributed by atoms with Gasteiger partial charge in [-0.3, -0.25) is 0 Å². The van der Waals surface area contributed by atoms with Gasteiger partial charge in [0, 0.05) is 11.4 Å². The zero-order valence-corrected chi connectivity index (χ0v) is 23.4. The lowest BCUT2D eigenvalue weighted by molar-refractivity contribution is 0.440. The Hall–Kier alpha value is -5.80. The third-order valence-electron chi connectivity index (χ3n) is 7.92. The van der Waals surface area contributed by atoms with E-state index in [0.29, 0.717) is 11.5 Å². The summed E-state index contributed by atoms with van der Waals surface area (Å²) in [6.45, 7) is 0. The number of nitrogens with zero attached hydrogens (tertiary/aromatic N) is 1. The van der Waals surface area contributed by atoms with E-state index in [4.69, 9.17) is 9.47 Å². The summed E-state index contributed by atoms with van der Waals surface area (Å²) in [6.07, 6.45) is 0. The molecule has 0 spiro atoms. The fourth-order valence-electron chi connectivity index (χ4n) is 5.83. The molecule has 0 fully saturated rings. The van der Waals surface area contributed by atoms with Crippen LogP contribution in [-0.2, 0) is 0 Å². The van der Waals surface area contributed by atoms with E-state index in [1.54, 1.807) is 0 Å². The highest BCUT2D eigenvalue weighted by Gasteiger charge is 2.25. The standard InChI is InChI=1S/C40H27NO2/c1-3-10-28(11-4-1)29-20-22-30(23-21-29)31-24-26-34(27-25-31)41(33-14-5-2-6-15-33)35-16-9-19-38-40(35)43-37-18-8-13-32-12-7-17-36(42-38)39(32)37/h1-27H. The molecule has 1 aliphatic rings. The van der Waals surface area contributed by atoms with Crippen molar-refractivity contribution in [3.63, 3.8) is 0 Å². The number of anilines is 3. The van der Waals surface area contributed by atoms with Crippen LogP contribution in [0.2, 0.25) is 0 Å². The SMILES string of the molecule is c1ccc(-c2ccc(-c3ccc(N(c4ccccc4)c4cccc5c4Oc4cccc6cccc(c46)O5)cc3)cc2)cc1. The number of benzene rings is 7. The van der Waals surface area contributed by atoms with Crippen molar-refractivity contribution >= 4 is 27.8 Å². The Bertz CT molecular complexity index is 2050. The van der Waals surface area contributed by atoms with E-state index in [-0.39, 0.29) is 0 Å². The molecule has 1 aliphatic heterocycles. The smallest absolute Gasteiger partial charge is 0.193 e. The molecule has 0 aliphatic carbocycles. The summed E-state index contributed by atoms with van der Waals surface area (Å²) in [5.74, 6) is 2.92. The monoisotopic (exact) mass is 553 g/mol. The number of rotatable bonds is 5. The molecule has 0 saturated carbocycles. The van der Waals surface area contributed by atoms with Gasteiger partial charge >= 0.3 is 0 Å². The van der Waals surface area contributed by atoms with Crippen molar-refractivity contribution in [3.05, 3.63) is 164 Å². The molecule has 0 amide bonds. The molecule has 43 heavy (non-hydrogen) atoms. The largest absolute Gasteiger partial charge is 0.453 e. The molecule has 7 aromatic rings. The van der Waals surface area contributed by atoms with Gasteiger partial charge in [0.15, 0.2) is 11.5 Å². The highest BCUT2D eigenvalue weighted by atomic mass is 16.5. The summed E-state index contributed by atoms with van der Waals surface area (Å²) >= 11 is 0. The third-order valence-corrected chi connectivity index (χ3v) is 7.92. The first-order chi connectivity index (χ1) is 21.3.